The van der Waals surface area contributed by atoms with Crippen LogP contribution in [0.25, 0.3) is 0 Å². The minimum absolute atomic E-state index is 0.0144. The van der Waals surface area contributed by atoms with Gasteiger partial charge >= 0.3 is 0 Å². The third-order valence-electron chi connectivity index (χ3n) is 5.90. The molecule has 0 N–H and O–H groups in total. The van der Waals surface area contributed by atoms with Gasteiger partial charge in [-0.05, 0) is 25.5 Å². The number of ether oxygens (including phenoxy) is 1. The Hall–Kier alpha value is -2.45. The van der Waals surface area contributed by atoms with Crippen molar-refractivity contribution in [3.05, 3.63) is 40.3 Å². The number of aryl methyl sites for hydroxylation is 1. The van der Waals surface area contributed by atoms with Gasteiger partial charge in [0.1, 0.15) is 5.75 Å². The van der Waals surface area contributed by atoms with E-state index in [-0.39, 0.29) is 24.2 Å². The highest BCUT2D eigenvalue weighted by Crippen LogP contribution is 2.33. The number of hydrogen-bond acceptors (Lipinski definition) is 6. The molecule has 2 aliphatic rings. The van der Waals surface area contributed by atoms with Crippen molar-refractivity contribution in [1.82, 2.24) is 14.8 Å². The summed E-state index contributed by atoms with van der Waals surface area (Å²) in [6, 6.07) is 7.54. The molecule has 3 heterocycles. The van der Waals surface area contributed by atoms with Gasteiger partial charge in [0.2, 0.25) is 11.8 Å². The van der Waals surface area contributed by atoms with E-state index in [4.69, 9.17) is 4.74 Å². The Kier molecular flexibility index (Phi) is 6.87. The van der Waals surface area contributed by atoms with Gasteiger partial charge < -0.3 is 14.5 Å². The second kappa shape index (κ2) is 9.78. The first-order chi connectivity index (χ1) is 15.1. The second-order valence-corrected chi connectivity index (χ2v) is 8.94. The van der Waals surface area contributed by atoms with Crippen molar-refractivity contribution < 1.29 is 14.3 Å². The zero-order chi connectivity index (χ0) is 21.8. The first-order valence-electron chi connectivity index (χ1n) is 11.1. The summed E-state index contributed by atoms with van der Waals surface area (Å²) < 4.78 is 5.68. The van der Waals surface area contributed by atoms with E-state index in [0.717, 1.165) is 37.4 Å². The van der Waals surface area contributed by atoms with Crippen molar-refractivity contribution in [2.24, 2.45) is 5.92 Å². The van der Waals surface area contributed by atoms with Crippen LogP contribution < -0.4 is 9.64 Å². The van der Waals surface area contributed by atoms with Crippen LogP contribution in [0.3, 0.4) is 0 Å². The predicted molar refractivity (Wildman–Crippen MR) is 121 cm³/mol. The van der Waals surface area contributed by atoms with Crippen LogP contribution in [-0.4, -0.2) is 65.9 Å². The van der Waals surface area contributed by atoms with Crippen LogP contribution in [0.2, 0.25) is 0 Å². The number of para-hydroxylation sites is 2. The molecule has 2 fully saturated rings. The number of hydrogen-bond donors (Lipinski definition) is 0. The topological polar surface area (TPSA) is 66.0 Å². The summed E-state index contributed by atoms with van der Waals surface area (Å²) in [6.07, 6.45) is 1.23. The van der Waals surface area contributed by atoms with Crippen molar-refractivity contribution in [3.63, 3.8) is 0 Å². The fourth-order valence-electron chi connectivity index (χ4n) is 4.26. The molecule has 1 aromatic carbocycles. The van der Waals surface area contributed by atoms with E-state index in [1.807, 2.05) is 36.1 Å². The maximum Gasteiger partial charge on any atom is 0.228 e. The fourth-order valence-corrected chi connectivity index (χ4v) is 5.00. The third kappa shape index (κ3) is 4.91. The van der Waals surface area contributed by atoms with E-state index >= 15 is 0 Å². The fraction of sp³-hybridized carbons (Fsp3) is 0.522. The van der Waals surface area contributed by atoms with Gasteiger partial charge in [-0.3, -0.25) is 14.5 Å². The second-order valence-electron chi connectivity index (χ2n) is 7.99. The lowest BCUT2D eigenvalue weighted by molar-refractivity contribution is -0.137. The number of nitrogens with zero attached hydrogens (tertiary/aromatic N) is 4. The average molecular weight is 443 g/mol. The largest absolute Gasteiger partial charge is 0.492 e. The van der Waals surface area contributed by atoms with Gasteiger partial charge in [-0.25, -0.2) is 4.98 Å². The van der Waals surface area contributed by atoms with Gasteiger partial charge in [0.25, 0.3) is 0 Å². The molecule has 2 aromatic rings. The molecule has 0 aliphatic carbocycles. The van der Waals surface area contributed by atoms with Crippen LogP contribution in [0, 0.1) is 5.92 Å². The van der Waals surface area contributed by atoms with Gasteiger partial charge in [-0.2, -0.15) is 0 Å². The molecule has 1 aromatic heterocycles. The van der Waals surface area contributed by atoms with Crippen molar-refractivity contribution >= 4 is 28.8 Å². The number of aromatic nitrogens is 1. The van der Waals surface area contributed by atoms with Gasteiger partial charge in [-0.1, -0.05) is 19.1 Å². The third-order valence-corrected chi connectivity index (χ3v) is 6.94. The monoisotopic (exact) mass is 442 g/mol. The van der Waals surface area contributed by atoms with Gasteiger partial charge in [0.05, 0.1) is 28.9 Å². The van der Waals surface area contributed by atoms with E-state index in [1.165, 1.54) is 5.01 Å². The number of anilines is 1. The summed E-state index contributed by atoms with van der Waals surface area (Å²) in [7, 11) is 0. The standard InChI is InChI=1S/C23H30N4O3S/c1-3-21-24-18(16-31-21)15-25-9-11-26(12-10-25)23(29)17-13-22(28)27(14-17)19-7-5-6-8-20(19)30-4-2/h5-8,16-17H,3-4,9-15H2,1-2H3. The lowest BCUT2D eigenvalue weighted by Gasteiger charge is -2.35. The van der Waals surface area contributed by atoms with Crippen molar-refractivity contribution in [2.45, 2.75) is 33.2 Å². The molecule has 166 valence electrons. The lowest BCUT2D eigenvalue weighted by atomic mass is 10.1. The first kappa shape index (κ1) is 21.8. The van der Waals surface area contributed by atoms with E-state index in [2.05, 4.69) is 22.2 Å². The van der Waals surface area contributed by atoms with Crippen LogP contribution in [0.5, 0.6) is 5.75 Å². The molecule has 0 saturated carbocycles. The molecule has 8 heteroatoms. The van der Waals surface area contributed by atoms with E-state index in [1.54, 1.807) is 16.2 Å². The number of benzene rings is 1. The zero-order valence-corrected chi connectivity index (χ0v) is 19.1. The maximum absolute atomic E-state index is 13.1. The molecule has 4 rings (SSSR count). The summed E-state index contributed by atoms with van der Waals surface area (Å²) in [5.41, 5.74) is 1.87. The first-order valence-corrected chi connectivity index (χ1v) is 11.9. The number of amides is 2. The Balaban J connectivity index is 1.33. The summed E-state index contributed by atoms with van der Waals surface area (Å²) in [6.45, 7) is 8.90. The van der Waals surface area contributed by atoms with E-state index in [9.17, 15) is 9.59 Å². The van der Waals surface area contributed by atoms with Gasteiger partial charge in [0, 0.05) is 51.1 Å². The van der Waals surface area contributed by atoms with Crippen LogP contribution >= 0.6 is 11.3 Å². The number of thiazole rings is 1. The zero-order valence-electron chi connectivity index (χ0n) is 18.2. The number of piperazine rings is 1. The highest BCUT2D eigenvalue weighted by atomic mass is 32.1. The Morgan fingerprint density at radius 2 is 1.97 bits per heavy atom. The van der Waals surface area contributed by atoms with Crippen LogP contribution in [0.1, 0.15) is 31.0 Å². The van der Waals surface area contributed by atoms with E-state index in [0.29, 0.717) is 32.0 Å². The minimum atomic E-state index is -0.292. The van der Waals surface area contributed by atoms with Crippen LogP contribution in [0.15, 0.2) is 29.6 Å². The lowest BCUT2D eigenvalue weighted by Crippen LogP contribution is -2.50. The quantitative estimate of drug-likeness (QED) is 0.660. The predicted octanol–water partition coefficient (Wildman–Crippen LogP) is 2.80. The SMILES string of the molecule is CCOc1ccccc1N1CC(C(=O)N2CCN(Cc3csc(CC)n3)CC2)CC1=O. The Labute approximate surface area is 187 Å². The van der Waals surface area contributed by atoms with Gasteiger partial charge in [0.15, 0.2) is 0 Å². The average Bonchev–Trinajstić information content (AvgIpc) is 3.41. The maximum atomic E-state index is 13.1. The molecular formula is C23H30N4O3S. The number of carbonyl (C=O) groups is 2. The summed E-state index contributed by atoms with van der Waals surface area (Å²) in [5.74, 6) is 0.471. The molecular weight excluding hydrogens is 412 g/mol. The Morgan fingerprint density at radius 3 is 2.68 bits per heavy atom. The number of rotatable bonds is 7. The molecule has 1 atom stereocenters. The normalized spacial score (nSPS) is 19.8. The molecule has 0 radical (unpaired) electrons. The molecule has 2 saturated heterocycles. The van der Waals surface area contributed by atoms with E-state index < -0.39 is 0 Å². The van der Waals surface area contributed by atoms with Gasteiger partial charge in [-0.15, -0.1) is 11.3 Å². The smallest absolute Gasteiger partial charge is 0.228 e. The van der Waals surface area contributed by atoms with Crippen LogP contribution in [0.4, 0.5) is 5.69 Å². The highest BCUT2D eigenvalue weighted by molar-refractivity contribution is 7.09. The summed E-state index contributed by atoms with van der Waals surface area (Å²) in [5, 5.41) is 3.31. The van der Waals surface area contributed by atoms with Crippen molar-refractivity contribution in [2.75, 3.05) is 44.2 Å². The summed E-state index contributed by atoms with van der Waals surface area (Å²) in [4.78, 5) is 36.4. The Bertz CT molecular complexity index is 923. The highest BCUT2D eigenvalue weighted by Gasteiger charge is 2.38. The van der Waals surface area contributed by atoms with Crippen LogP contribution in [-0.2, 0) is 22.6 Å². The van der Waals surface area contributed by atoms with Crippen molar-refractivity contribution in [3.8, 4) is 5.75 Å². The molecule has 31 heavy (non-hydrogen) atoms. The molecule has 0 bridgehead atoms. The molecule has 0 spiro atoms. The Morgan fingerprint density at radius 1 is 1.19 bits per heavy atom. The molecule has 7 nitrogen and oxygen atoms in total. The van der Waals surface area contributed by atoms with Crippen molar-refractivity contribution in [1.29, 1.82) is 0 Å². The molecule has 2 aliphatic heterocycles. The number of carbonyl (C=O) groups excluding carboxylic acids is 2. The molecule has 1 unspecified atom stereocenters. The molecule has 2 amide bonds. The minimum Gasteiger partial charge on any atom is -0.492 e. The summed E-state index contributed by atoms with van der Waals surface area (Å²) >= 11 is 1.72.